The molecule has 0 aliphatic heterocycles. The summed E-state index contributed by atoms with van der Waals surface area (Å²) in [7, 11) is 0. The largest absolute Gasteiger partial charge is 0.352 e. The van der Waals surface area contributed by atoms with Gasteiger partial charge >= 0.3 is 0 Å². The van der Waals surface area contributed by atoms with Crippen LogP contribution in [0.5, 0.6) is 0 Å². The van der Waals surface area contributed by atoms with Gasteiger partial charge < -0.3 is 10.6 Å². The molecular formula is C23H20N4O. The Balaban J connectivity index is 1.42. The van der Waals surface area contributed by atoms with Crippen molar-refractivity contribution in [2.45, 2.75) is 13.3 Å². The lowest BCUT2D eigenvalue weighted by Crippen LogP contribution is -2.15. The second-order valence-electron chi connectivity index (χ2n) is 6.65. The Morgan fingerprint density at radius 2 is 1.75 bits per heavy atom. The molecule has 0 aliphatic rings. The minimum atomic E-state index is -0.0877. The number of hydrogen-bond donors (Lipinski definition) is 2. The van der Waals surface area contributed by atoms with E-state index in [-0.39, 0.29) is 5.91 Å². The third kappa shape index (κ3) is 4.15. The Morgan fingerprint density at radius 3 is 2.54 bits per heavy atom. The minimum absolute atomic E-state index is 0.0877. The predicted molar refractivity (Wildman–Crippen MR) is 113 cm³/mol. The third-order valence-corrected chi connectivity index (χ3v) is 4.43. The van der Waals surface area contributed by atoms with Crippen LogP contribution in [-0.4, -0.2) is 15.9 Å². The van der Waals surface area contributed by atoms with Crippen LogP contribution in [0.1, 0.15) is 11.1 Å². The molecule has 4 aromatic rings. The van der Waals surface area contributed by atoms with Crippen LogP contribution in [0, 0.1) is 6.92 Å². The van der Waals surface area contributed by atoms with E-state index in [9.17, 15) is 4.79 Å². The molecule has 138 valence electrons. The molecule has 0 radical (unpaired) electrons. The van der Waals surface area contributed by atoms with Crippen LogP contribution in [0.4, 0.5) is 17.2 Å². The highest BCUT2D eigenvalue weighted by Crippen LogP contribution is 2.24. The van der Waals surface area contributed by atoms with Crippen LogP contribution in [0.25, 0.3) is 10.9 Å². The van der Waals surface area contributed by atoms with Gasteiger partial charge in [-0.1, -0.05) is 48.0 Å². The number of hydrogen-bond acceptors (Lipinski definition) is 4. The van der Waals surface area contributed by atoms with Gasteiger partial charge in [0.15, 0.2) is 0 Å². The van der Waals surface area contributed by atoms with Crippen molar-refractivity contribution >= 4 is 34.0 Å². The Hall–Kier alpha value is -3.73. The quantitative estimate of drug-likeness (QED) is 0.528. The number of aromatic nitrogens is 2. The highest BCUT2D eigenvalue weighted by Gasteiger charge is 2.06. The van der Waals surface area contributed by atoms with Crippen molar-refractivity contribution in [1.82, 2.24) is 9.97 Å². The highest BCUT2D eigenvalue weighted by atomic mass is 16.1. The van der Waals surface area contributed by atoms with Gasteiger partial charge in [0.2, 0.25) is 5.91 Å². The second-order valence-corrected chi connectivity index (χ2v) is 6.65. The first-order valence-electron chi connectivity index (χ1n) is 9.09. The van der Waals surface area contributed by atoms with Crippen LogP contribution in [0.3, 0.4) is 0 Å². The minimum Gasteiger partial charge on any atom is -0.352 e. The highest BCUT2D eigenvalue weighted by molar-refractivity contribution is 5.93. The van der Waals surface area contributed by atoms with E-state index >= 15 is 0 Å². The van der Waals surface area contributed by atoms with Gasteiger partial charge in [0.1, 0.15) is 5.82 Å². The Bertz CT molecular complexity index is 1100. The molecule has 2 N–H and O–H groups in total. The number of pyridine rings is 2. The predicted octanol–water partition coefficient (Wildman–Crippen LogP) is 4.86. The van der Waals surface area contributed by atoms with Crippen molar-refractivity contribution in [2.24, 2.45) is 0 Å². The molecule has 1 amide bonds. The number of aryl methyl sites for hydroxylation is 1. The average molecular weight is 368 g/mol. The standard InChI is InChI=1S/C23H20N4O/c1-16-7-9-17(10-8-16)14-22(28)27-21-12-11-19(15-25-21)26-20-6-2-4-18-5-3-13-24-23(18)20/h2-13,15,26H,14H2,1H3,(H,25,27,28). The SMILES string of the molecule is Cc1ccc(CC(=O)Nc2ccc(Nc3cccc4cccnc34)cn2)cc1. The lowest BCUT2D eigenvalue weighted by atomic mass is 10.1. The van der Waals surface area contributed by atoms with Gasteiger partial charge in [-0.15, -0.1) is 0 Å². The molecule has 2 aromatic carbocycles. The van der Waals surface area contributed by atoms with E-state index in [2.05, 4.69) is 20.6 Å². The van der Waals surface area contributed by atoms with Crippen molar-refractivity contribution in [1.29, 1.82) is 0 Å². The van der Waals surface area contributed by atoms with E-state index in [1.54, 1.807) is 18.5 Å². The molecule has 0 fully saturated rings. The molecule has 0 unspecified atom stereocenters. The molecule has 5 nitrogen and oxygen atoms in total. The van der Waals surface area contributed by atoms with Crippen molar-refractivity contribution < 1.29 is 4.79 Å². The van der Waals surface area contributed by atoms with E-state index < -0.39 is 0 Å². The first-order valence-corrected chi connectivity index (χ1v) is 9.09. The van der Waals surface area contributed by atoms with Crippen LogP contribution >= 0.6 is 0 Å². The van der Waals surface area contributed by atoms with E-state index in [1.807, 2.05) is 67.6 Å². The first-order chi connectivity index (χ1) is 13.7. The van der Waals surface area contributed by atoms with Crippen LogP contribution in [0.2, 0.25) is 0 Å². The number of carbonyl (C=O) groups excluding carboxylic acids is 1. The summed E-state index contributed by atoms with van der Waals surface area (Å²) in [5, 5.41) is 7.24. The topological polar surface area (TPSA) is 66.9 Å². The number of fused-ring (bicyclic) bond motifs is 1. The van der Waals surface area contributed by atoms with Crippen LogP contribution in [0.15, 0.2) is 79.1 Å². The zero-order valence-corrected chi connectivity index (χ0v) is 15.5. The van der Waals surface area contributed by atoms with Crippen molar-refractivity contribution in [2.75, 3.05) is 10.6 Å². The summed E-state index contributed by atoms with van der Waals surface area (Å²) in [6, 6.07) is 21.5. The van der Waals surface area contributed by atoms with E-state index in [0.717, 1.165) is 27.8 Å². The maximum atomic E-state index is 12.2. The zero-order valence-electron chi connectivity index (χ0n) is 15.5. The number of rotatable bonds is 5. The number of benzene rings is 2. The maximum absolute atomic E-state index is 12.2. The molecule has 0 aliphatic carbocycles. The molecule has 0 saturated carbocycles. The summed E-state index contributed by atoms with van der Waals surface area (Å²) in [6.07, 6.45) is 3.80. The Morgan fingerprint density at radius 1 is 0.929 bits per heavy atom. The second kappa shape index (κ2) is 7.88. The summed E-state index contributed by atoms with van der Waals surface area (Å²) in [5.74, 6) is 0.439. The van der Waals surface area contributed by atoms with Crippen molar-refractivity contribution in [3.05, 3.63) is 90.3 Å². The van der Waals surface area contributed by atoms with Gasteiger partial charge in [0.05, 0.1) is 29.5 Å². The lowest BCUT2D eigenvalue weighted by Gasteiger charge is -2.10. The Kier molecular flexibility index (Phi) is 4.97. The fraction of sp³-hybridized carbons (Fsp3) is 0.0870. The third-order valence-electron chi connectivity index (χ3n) is 4.43. The van der Waals surface area contributed by atoms with E-state index in [0.29, 0.717) is 12.2 Å². The first kappa shape index (κ1) is 17.7. The van der Waals surface area contributed by atoms with Gasteiger partial charge in [-0.05, 0) is 36.8 Å². The van der Waals surface area contributed by atoms with Gasteiger partial charge in [-0.3, -0.25) is 9.78 Å². The molecule has 2 heterocycles. The van der Waals surface area contributed by atoms with E-state index in [4.69, 9.17) is 0 Å². The maximum Gasteiger partial charge on any atom is 0.229 e. The average Bonchev–Trinajstić information content (AvgIpc) is 2.71. The molecule has 5 heteroatoms. The number of nitrogens with one attached hydrogen (secondary N) is 2. The molecular weight excluding hydrogens is 348 g/mol. The molecule has 28 heavy (non-hydrogen) atoms. The molecule has 0 spiro atoms. The van der Waals surface area contributed by atoms with Crippen LogP contribution in [-0.2, 0) is 11.2 Å². The Labute approximate surface area is 163 Å². The fourth-order valence-electron chi connectivity index (χ4n) is 2.98. The summed E-state index contributed by atoms with van der Waals surface area (Å²) < 4.78 is 0. The molecule has 0 bridgehead atoms. The van der Waals surface area contributed by atoms with Gasteiger partial charge in [-0.25, -0.2) is 4.98 Å². The summed E-state index contributed by atoms with van der Waals surface area (Å²) >= 11 is 0. The fourth-order valence-corrected chi connectivity index (χ4v) is 2.98. The molecule has 0 atom stereocenters. The molecule has 4 rings (SSSR count). The normalized spacial score (nSPS) is 10.6. The number of amides is 1. The van der Waals surface area contributed by atoms with Gasteiger partial charge in [-0.2, -0.15) is 0 Å². The monoisotopic (exact) mass is 368 g/mol. The molecule has 2 aromatic heterocycles. The summed E-state index contributed by atoms with van der Waals surface area (Å²) in [6.45, 7) is 2.03. The molecule has 0 saturated heterocycles. The summed E-state index contributed by atoms with van der Waals surface area (Å²) in [5.41, 5.74) is 4.80. The van der Waals surface area contributed by atoms with Gasteiger partial charge in [0.25, 0.3) is 0 Å². The summed E-state index contributed by atoms with van der Waals surface area (Å²) in [4.78, 5) is 21.0. The zero-order chi connectivity index (χ0) is 19.3. The van der Waals surface area contributed by atoms with Crippen molar-refractivity contribution in [3.63, 3.8) is 0 Å². The van der Waals surface area contributed by atoms with Crippen LogP contribution < -0.4 is 10.6 Å². The van der Waals surface area contributed by atoms with Gasteiger partial charge in [0, 0.05) is 11.6 Å². The number of para-hydroxylation sites is 1. The lowest BCUT2D eigenvalue weighted by molar-refractivity contribution is -0.115. The van der Waals surface area contributed by atoms with Crippen molar-refractivity contribution in [3.8, 4) is 0 Å². The smallest absolute Gasteiger partial charge is 0.229 e. The number of nitrogens with zero attached hydrogens (tertiary/aromatic N) is 2. The number of anilines is 3. The van der Waals surface area contributed by atoms with E-state index in [1.165, 1.54) is 5.56 Å². The number of carbonyl (C=O) groups is 1.